The molecule has 2 N–H and O–H groups in total. The molecule has 0 amide bonds. The molecule has 2 heterocycles. The van der Waals surface area contributed by atoms with Gasteiger partial charge in [-0.05, 0) is 19.1 Å². The summed E-state index contributed by atoms with van der Waals surface area (Å²) in [6.07, 6.45) is 2.47. The van der Waals surface area contributed by atoms with E-state index in [9.17, 15) is 13.2 Å². The Labute approximate surface area is 120 Å². The van der Waals surface area contributed by atoms with E-state index in [4.69, 9.17) is 5.11 Å². The largest absolute Gasteiger partial charge is 0.477 e. The fraction of sp³-hybridized carbons (Fsp3) is 0.273. The summed E-state index contributed by atoms with van der Waals surface area (Å²) in [5.41, 5.74) is 0.401. The first-order valence-corrected chi connectivity index (χ1v) is 7.48. The monoisotopic (exact) mass is 311 g/mol. The molecule has 0 radical (unpaired) electrons. The van der Waals surface area contributed by atoms with E-state index in [-0.39, 0.29) is 17.1 Å². The number of aryl methyl sites for hydroxylation is 1. The van der Waals surface area contributed by atoms with Crippen LogP contribution in [0.4, 0.5) is 0 Å². The van der Waals surface area contributed by atoms with Gasteiger partial charge in [0, 0.05) is 12.7 Å². The van der Waals surface area contributed by atoms with Crippen LogP contribution in [0.5, 0.6) is 0 Å². The van der Waals surface area contributed by atoms with E-state index in [2.05, 4.69) is 20.0 Å². The fourth-order valence-electron chi connectivity index (χ4n) is 1.60. The minimum Gasteiger partial charge on any atom is -0.477 e. The highest BCUT2D eigenvalue weighted by molar-refractivity contribution is 7.89. The zero-order valence-electron chi connectivity index (χ0n) is 11.1. The second-order valence-electron chi connectivity index (χ2n) is 4.05. The van der Waals surface area contributed by atoms with Crippen LogP contribution in [0.15, 0.2) is 29.4 Å². The molecule has 0 saturated heterocycles. The molecule has 0 bridgehead atoms. The molecule has 0 unspecified atom stereocenters. The first kappa shape index (κ1) is 15.1. The summed E-state index contributed by atoms with van der Waals surface area (Å²) in [4.78, 5) is 14.1. The third-order valence-electron chi connectivity index (χ3n) is 2.71. The maximum absolute atomic E-state index is 12.1. The Morgan fingerprint density at radius 2 is 2.14 bits per heavy atom. The van der Waals surface area contributed by atoms with E-state index in [1.165, 1.54) is 12.3 Å². The average molecular weight is 311 g/mol. The first-order chi connectivity index (χ1) is 9.94. The number of aromatic nitrogens is 4. The maximum Gasteiger partial charge on any atom is 0.354 e. The number of carbonyl (C=O) groups is 1. The van der Waals surface area contributed by atoms with Crippen molar-refractivity contribution in [2.45, 2.75) is 24.9 Å². The van der Waals surface area contributed by atoms with Crippen molar-refractivity contribution in [1.29, 1.82) is 0 Å². The number of pyridine rings is 1. The summed E-state index contributed by atoms with van der Waals surface area (Å²) in [5.74, 6) is -1.22. The van der Waals surface area contributed by atoms with Gasteiger partial charge in [0.2, 0.25) is 10.0 Å². The lowest BCUT2D eigenvalue weighted by atomic mass is 10.4. The van der Waals surface area contributed by atoms with Crippen LogP contribution >= 0.6 is 0 Å². The maximum atomic E-state index is 12.1. The highest BCUT2D eigenvalue weighted by atomic mass is 32.2. The van der Waals surface area contributed by atoms with Gasteiger partial charge in [0.1, 0.15) is 10.6 Å². The standard InChI is InChI=1S/C11H13N5O4S/c1-2-16-8(5-13-15-16)6-14-21(19,20)9-3-4-10(11(17)18)12-7-9/h3-5,7,14H,2,6H2,1H3,(H,17,18). The van der Waals surface area contributed by atoms with Crippen LogP contribution in [0.2, 0.25) is 0 Å². The summed E-state index contributed by atoms with van der Waals surface area (Å²) < 4.78 is 28.1. The summed E-state index contributed by atoms with van der Waals surface area (Å²) in [5, 5.41) is 16.2. The second kappa shape index (κ2) is 5.97. The van der Waals surface area contributed by atoms with E-state index < -0.39 is 16.0 Å². The van der Waals surface area contributed by atoms with Gasteiger partial charge in [0.05, 0.1) is 18.4 Å². The summed E-state index contributed by atoms with van der Waals surface area (Å²) in [6, 6.07) is 2.32. The second-order valence-corrected chi connectivity index (χ2v) is 5.82. The number of carboxylic acids is 1. The zero-order chi connectivity index (χ0) is 15.5. The third kappa shape index (κ3) is 3.41. The highest BCUT2D eigenvalue weighted by Gasteiger charge is 2.16. The first-order valence-electron chi connectivity index (χ1n) is 6.00. The molecule has 9 nitrogen and oxygen atoms in total. The van der Waals surface area contributed by atoms with Gasteiger partial charge in [-0.25, -0.2) is 27.6 Å². The molecule has 2 rings (SSSR count). The number of rotatable bonds is 6. The van der Waals surface area contributed by atoms with Crippen LogP contribution in [-0.4, -0.2) is 39.5 Å². The molecule has 0 aliphatic heterocycles. The van der Waals surface area contributed by atoms with Crippen molar-refractivity contribution in [3.8, 4) is 0 Å². The molecule has 0 spiro atoms. The number of hydrogen-bond donors (Lipinski definition) is 2. The van der Waals surface area contributed by atoms with E-state index >= 15 is 0 Å². The van der Waals surface area contributed by atoms with Gasteiger partial charge in [-0.2, -0.15) is 0 Å². The van der Waals surface area contributed by atoms with Crippen molar-refractivity contribution in [3.05, 3.63) is 35.9 Å². The normalized spacial score (nSPS) is 11.5. The predicted octanol–water partition coefficient (Wildman–Crippen LogP) is -0.130. The van der Waals surface area contributed by atoms with Crippen LogP contribution in [0.25, 0.3) is 0 Å². The summed E-state index contributed by atoms with van der Waals surface area (Å²) >= 11 is 0. The Balaban J connectivity index is 2.13. The van der Waals surface area contributed by atoms with Crippen LogP contribution in [0.3, 0.4) is 0 Å². The van der Waals surface area contributed by atoms with Gasteiger partial charge in [-0.3, -0.25) is 0 Å². The quantitative estimate of drug-likeness (QED) is 0.760. The van der Waals surface area contributed by atoms with E-state index in [1.54, 1.807) is 4.68 Å². The molecule has 112 valence electrons. The van der Waals surface area contributed by atoms with Gasteiger partial charge in [0.15, 0.2) is 0 Å². The van der Waals surface area contributed by atoms with Crippen molar-refractivity contribution in [1.82, 2.24) is 24.7 Å². The molecule has 21 heavy (non-hydrogen) atoms. The topological polar surface area (TPSA) is 127 Å². The molecule has 0 aliphatic rings. The van der Waals surface area contributed by atoms with Gasteiger partial charge in [0.25, 0.3) is 0 Å². The number of aromatic carboxylic acids is 1. The van der Waals surface area contributed by atoms with Crippen LogP contribution in [0, 0.1) is 0 Å². The van der Waals surface area contributed by atoms with Crippen molar-refractivity contribution in [3.63, 3.8) is 0 Å². The third-order valence-corrected chi connectivity index (χ3v) is 4.09. The van der Waals surface area contributed by atoms with Crippen molar-refractivity contribution in [2.75, 3.05) is 0 Å². The molecular formula is C11H13N5O4S. The lowest BCUT2D eigenvalue weighted by Gasteiger charge is -2.07. The van der Waals surface area contributed by atoms with Crippen molar-refractivity contribution in [2.24, 2.45) is 0 Å². The van der Waals surface area contributed by atoms with E-state index in [1.807, 2.05) is 6.92 Å². The molecule has 2 aromatic heterocycles. The van der Waals surface area contributed by atoms with Gasteiger partial charge in [-0.15, -0.1) is 5.10 Å². The SMILES string of the molecule is CCn1nncc1CNS(=O)(=O)c1ccc(C(=O)O)nc1. The number of carboxylic acid groups (broad SMARTS) is 1. The Kier molecular flexibility index (Phi) is 4.29. The van der Waals surface area contributed by atoms with Crippen LogP contribution in [-0.2, 0) is 23.1 Å². The molecular weight excluding hydrogens is 298 g/mol. The smallest absolute Gasteiger partial charge is 0.354 e. The molecule has 0 aromatic carbocycles. The zero-order valence-corrected chi connectivity index (χ0v) is 11.9. The van der Waals surface area contributed by atoms with Gasteiger partial charge in [-0.1, -0.05) is 5.21 Å². The average Bonchev–Trinajstić information content (AvgIpc) is 2.93. The molecule has 10 heteroatoms. The van der Waals surface area contributed by atoms with Crippen LogP contribution in [0.1, 0.15) is 23.1 Å². The van der Waals surface area contributed by atoms with Crippen molar-refractivity contribution >= 4 is 16.0 Å². The number of sulfonamides is 1. The van der Waals surface area contributed by atoms with Crippen LogP contribution < -0.4 is 4.72 Å². The van der Waals surface area contributed by atoms with Gasteiger partial charge < -0.3 is 5.11 Å². The molecule has 0 aliphatic carbocycles. The summed E-state index contributed by atoms with van der Waals surface area (Å²) in [7, 11) is -3.78. The number of nitrogens with one attached hydrogen (secondary N) is 1. The predicted molar refractivity (Wildman–Crippen MR) is 70.9 cm³/mol. The van der Waals surface area contributed by atoms with E-state index in [0.29, 0.717) is 12.2 Å². The Morgan fingerprint density at radius 3 is 2.71 bits per heavy atom. The van der Waals surface area contributed by atoms with Gasteiger partial charge >= 0.3 is 5.97 Å². The lowest BCUT2D eigenvalue weighted by Crippen LogP contribution is -2.25. The number of hydrogen-bond acceptors (Lipinski definition) is 6. The summed E-state index contributed by atoms with van der Waals surface area (Å²) in [6.45, 7) is 2.47. The highest BCUT2D eigenvalue weighted by Crippen LogP contribution is 2.09. The minimum absolute atomic E-state index is 0.0316. The Hall–Kier alpha value is -2.33. The fourth-order valence-corrected chi connectivity index (χ4v) is 2.54. The van der Waals surface area contributed by atoms with E-state index in [0.717, 1.165) is 12.3 Å². The number of nitrogens with zero attached hydrogens (tertiary/aromatic N) is 4. The molecule has 2 aromatic rings. The molecule has 0 saturated carbocycles. The molecule has 0 atom stereocenters. The Bertz CT molecular complexity index is 738. The molecule has 0 fully saturated rings. The van der Waals surface area contributed by atoms with Crippen molar-refractivity contribution < 1.29 is 18.3 Å². The minimum atomic E-state index is -3.78. The lowest BCUT2D eigenvalue weighted by molar-refractivity contribution is 0.0690. The Morgan fingerprint density at radius 1 is 1.38 bits per heavy atom.